The molecule has 0 fully saturated rings. The highest BCUT2D eigenvalue weighted by Crippen LogP contribution is 2.33. The molecule has 2 N–H and O–H groups in total. The van der Waals surface area contributed by atoms with E-state index in [2.05, 4.69) is 10.0 Å². The summed E-state index contributed by atoms with van der Waals surface area (Å²) in [5.41, 5.74) is 2.04. The molecule has 1 atom stereocenters. The quantitative estimate of drug-likeness (QED) is 0.242. The molecule has 1 heterocycles. The largest absolute Gasteiger partial charge is 0.494 e. The summed E-state index contributed by atoms with van der Waals surface area (Å²) in [5, 5.41) is 2.90. The Morgan fingerprint density at radius 3 is 2.25 bits per heavy atom. The number of fused-ring (bicyclic) bond motifs is 1. The van der Waals surface area contributed by atoms with Gasteiger partial charge in [-0.25, -0.2) is 8.42 Å². The molecule has 0 bridgehead atoms. The van der Waals surface area contributed by atoms with Gasteiger partial charge in [-0.2, -0.15) is 0 Å². The van der Waals surface area contributed by atoms with Crippen LogP contribution in [0.25, 0.3) is 0 Å². The molecule has 0 radical (unpaired) electrons. The Bertz CT molecular complexity index is 1680. The summed E-state index contributed by atoms with van der Waals surface area (Å²) in [4.78, 5) is 27.8. The number of anilines is 2. The Morgan fingerprint density at radius 1 is 0.864 bits per heavy atom. The third kappa shape index (κ3) is 7.67. The first-order valence-corrected chi connectivity index (χ1v) is 15.7. The molecule has 1 aliphatic rings. The molecule has 228 valence electrons. The average Bonchev–Trinajstić information content (AvgIpc) is 3.04. The number of benzene rings is 4. The third-order valence-corrected chi connectivity index (χ3v) is 8.23. The number of amides is 2. The number of carbonyl (C=O) groups is 2. The van der Waals surface area contributed by atoms with Gasteiger partial charge in [0, 0.05) is 12.2 Å². The van der Waals surface area contributed by atoms with E-state index in [1.807, 2.05) is 37.3 Å². The van der Waals surface area contributed by atoms with Gasteiger partial charge in [0.05, 0.1) is 23.7 Å². The molecule has 11 heteroatoms. The lowest BCUT2D eigenvalue weighted by molar-refractivity contribution is -0.128. The highest BCUT2D eigenvalue weighted by molar-refractivity contribution is 7.92. The average molecular weight is 616 g/mol. The number of para-hydroxylation sites is 2. The first kappa shape index (κ1) is 30.4. The van der Waals surface area contributed by atoms with Crippen LogP contribution in [0.1, 0.15) is 12.5 Å². The van der Waals surface area contributed by atoms with Gasteiger partial charge < -0.3 is 24.4 Å². The Balaban J connectivity index is 1.18. The van der Waals surface area contributed by atoms with E-state index >= 15 is 0 Å². The van der Waals surface area contributed by atoms with Crippen molar-refractivity contribution >= 4 is 33.2 Å². The van der Waals surface area contributed by atoms with E-state index in [1.165, 1.54) is 29.2 Å². The van der Waals surface area contributed by atoms with Crippen LogP contribution in [0.2, 0.25) is 0 Å². The van der Waals surface area contributed by atoms with Crippen LogP contribution < -0.4 is 29.1 Å². The summed E-state index contributed by atoms with van der Waals surface area (Å²) >= 11 is 0. The van der Waals surface area contributed by atoms with Crippen molar-refractivity contribution in [2.75, 3.05) is 35.9 Å². The molecule has 44 heavy (non-hydrogen) atoms. The molecule has 0 spiro atoms. The first-order valence-electron chi connectivity index (χ1n) is 14.2. The lowest BCUT2D eigenvalue weighted by Gasteiger charge is -2.34. The maximum Gasteiger partial charge on any atom is 0.265 e. The van der Waals surface area contributed by atoms with Crippen molar-refractivity contribution in [1.29, 1.82) is 0 Å². The standard InChI is InChI=1S/C33H33N3O7S/c1-2-41-26-14-12-25(13-15-26)35-44(39,40)28-18-16-27(17-19-28)42-23-32(37)36-22-31(43-30-11-7-6-10-29(30)36)33(38)34-21-20-24-8-4-3-5-9-24/h3-19,31,35H,2,20-23H2,1H3,(H,34,38)/t31-/m1/s1. The zero-order valence-corrected chi connectivity index (χ0v) is 25.0. The van der Waals surface area contributed by atoms with E-state index in [9.17, 15) is 18.0 Å². The maximum atomic E-state index is 13.3. The number of hydrogen-bond acceptors (Lipinski definition) is 7. The van der Waals surface area contributed by atoms with Gasteiger partial charge in [0.1, 0.15) is 17.2 Å². The fourth-order valence-electron chi connectivity index (χ4n) is 4.63. The summed E-state index contributed by atoms with van der Waals surface area (Å²) in [6.45, 7) is 2.51. The minimum absolute atomic E-state index is 0.0186. The normalized spacial score (nSPS) is 14.1. The Kier molecular flexibility index (Phi) is 9.65. The molecule has 5 rings (SSSR count). The Hall–Kier alpha value is -5.03. The Morgan fingerprint density at radius 2 is 1.52 bits per heavy atom. The molecule has 4 aromatic carbocycles. The number of ether oxygens (including phenoxy) is 3. The van der Waals surface area contributed by atoms with Crippen LogP contribution in [0.3, 0.4) is 0 Å². The summed E-state index contributed by atoms with van der Waals surface area (Å²) in [6.07, 6.45) is -0.221. The summed E-state index contributed by atoms with van der Waals surface area (Å²) < 4.78 is 45.2. The van der Waals surface area contributed by atoms with Crippen molar-refractivity contribution in [2.24, 2.45) is 0 Å². The van der Waals surface area contributed by atoms with Crippen LogP contribution in [-0.4, -0.2) is 52.6 Å². The van der Waals surface area contributed by atoms with Crippen LogP contribution in [0.4, 0.5) is 11.4 Å². The van der Waals surface area contributed by atoms with Gasteiger partial charge >= 0.3 is 0 Å². The van der Waals surface area contributed by atoms with E-state index in [-0.39, 0.29) is 29.9 Å². The minimum atomic E-state index is -3.85. The number of sulfonamides is 1. The van der Waals surface area contributed by atoms with Crippen LogP contribution >= 0.6 is 0 Å². The van der Waals surface area contributed by atoms with Crippen LogP contribution in [-0.2, 0) is 26.0 Å². The fourth-order valence-corrected chi connectivity index (χ4v) is 5.69. The number of carbonyl (C=O) groups excluding carboxylic acids is 2. The predicted octanol–water partition coefficient (Wildman–Crippen LogP) is 4.42. The maximum absolute atomic E-state index is 13.3. The van der Waals surface area contributed by atoms with Crippen LogP contribution in [0.5, 0.6) is 17.2 Å². The molecule has 0 saturated carbocycles. The number of hydrogen-bond donors (Lipinski definition) is 2. The topological polar surface area (TPSA) is 123 Å². The molecule has 0 unspecified atom stereocenters. The second-order valence-corrected chi connectivity index (χ2v) is 11.6. The summed E-state index contributed by atoms with van der Waals surface area (Å²) in [5.74, 6) is 0.686. The zero-order valence-electron chi connectivity index (χ0n) is 24.1. The van der Waals surface area contributed by atoms with E-state index in [0.717, 1.165) is 5.56 Å². The SMILES string of the molecule is CCOc1ccc(NS(=O)(=O)c2ccc(OCC(=O)N3C[C@H](C(=O)NCCc4ccccc4)Oc4ccccc43)cc2)cc1. The second kappa shape index (κ2) is 14.0. The van der Waals surface area contributed by atoms with Gasteiger partial charge in [-0.1, -0.05) is 42.5 Å². The Labute approximate surface area is 256 Å². The molecular formula is C33H33N3O7S. The van der Waals surface area contributed by atoms with Gasteiger partial charge in [0.15, 0.2) is 12.7 Å². The van der Waals surface area contributed by atoms with Gasteiger partial charge in [-0.15, -0.1) is 0 Å². The van der Waals surface area contributed by atoms with Crippen LogP contribution in [0, 0.1) is 0 Å². The van der Waals surface area contributed by atoms with Crippen molar-refractivity contribution in [2.45, 2.75) is 24.3 Å². The van der Waals surface area contributed by atoms with E-state index in [1.54, 1.807) is 48.5 Å². The molecule has 0 aliphatic carbocycles. The van der Waals surface area contributed by atoms with Crippen LogP contribution in [0.15, 0.2) is 108 Å². The number of rotatable bonds is 12. The highest BCUT2D eigenvalue weighted by Gasteiger charge is 2.33. The monoisotopic (exact) mass is 615 g/mol. The van der Waals surface area contributed by atoms with E-state index in [4.69, 9.17) is 14.2 Å². The molecule has 10 nitrogen and oxygen atoms in total. The molecule has 4 aromatic rings. The molecule has 0 aromatic heterocycles. The van der Waals surface area contributed by atoms with Crippen molar-refractivity contribution < 1.29 is 32.2 Å². The number of nitrogens with one attached hydrogen (secondary N) is 2. The highest BCUT2D eigenvalue weighted by atomic mass is 32.2. The first-order chi connectivity index (χ1) is 21.3. The van der Waals surface area contributed by atoms with Gasteiger partial charge in [0.2, 0.25) is 0 Å². The second-order valence-electron chi connectivity index (χ2n) is 9.93. The smallest absolute Gasteiger partial charge is 0.265 e. The summed E-state index contributed by atoms with van der Waals surface area (Å²) in [6, 6.07) is 29.2. The summed E-state index contributed by atoms with van der Waals surface area (Å²) in [7, 11) is -3.85. The third-order valence-electron chi connectivity index (χ3n) is 6.84. The van der Waals surface area contributed by atoms with Crippen molar-refractivity contribution in [1.82, 2.24) is 5.32 Å². The van der Waals surface area contributed by atoms with Crippen molar-refractivity contribution in [3.05, 3.63) is 109 Å². The lowest BCUT2D eigenvalue weighted by Crippen LogP contribution is -2.52. The fraction of sp³-hybridized carbons (Fsp3) is 0.212. The zero-order chi connectivity index (χ0) is 30.9. The predicted molar refractivity (Wildman–Crippen MR) is 167 cm³/mol. The minimum Gasteiger partial charge on any atom is -0.494 e. The number of nitrogens with zero attached hydrogens (tertiary/aromatic N) is 1. The van der Waals surface area contributed by atoms with Crippen molar-refractivity contribution in [3.8, 4) is 17.2 Å². The lowest BCUT2D eigenvalue weighted by atomic mass is 10.1. The van der Waals surface area contributed by atoms with Crippen molar-refractivity contribution in [3.63, 3.8) is 0 Å². The molecular weight excluding hydrogens is 582 g/mol. The van der Waals surface area contributed by atoms with E-state index in [0.29, 0.717) is 48.2 Å². The van der Waals surface area contributed by atoms with Gasteiger partial charge in [-0.05, 0) is 79.6 Å². The molecule has 1 aliphatic heterocycles. The van der Waals surface area contributed by atoms with Gasteiger partial charge in [0.25, 0.3) is 21.8 Å². The molecule has 0 saturated heterocycles. The van der Waals surface area contributed by atoms with Gasteiger partial charge in [-0.3, -0.25) is 14.3 Å². The molecule has 2 amide bonds. The van der Waals surface area contributed by atoms with E-state index < -0.39 is 16.1 Å².